The summed E-state index contributed by atoms with van der Waals surface area (Å²) in [5, 5.41) is 4.43. The van der Waals surface area contributed by atoms with Crippen LogP contribution in [0.15, 0.2) is 64.6 Å². The molecule has 1 fully saturated rings. The van der Waals surface area contributed by atoms with Gasteiger partial charge in [0.25, 0.3) is 15.9 Å². The minimum atomic E-state index is -3.92. The average Bonchev–Trinajstić information content (AvgIpc) is 2.83. The lowest BCUT2D eigenvalue weighted by molar-refractivity contribution is -0.119. The average molecular weight is 484 g/mol. The van der Waals surface area contributed by atoms with Gasteiger partial charge < -0.3 is 0 Å². The Hall–Kier alpha value is -2.67. The van der Waals surface area contributed by atoms with Crippen molar-refractivity contribution in [2.75, 3.05) is 10.8 Å². The number of rotatable bonds is 6. The number of hydrogen-bond acceptors (Lipinski definition) is 4. The molecule has 1 N–H and O–H groups in total. The number of anilines is 1. The first-order chi connectivity index (χ1) is 16.5. The summed E-state index contributed by atoms with van der Waals surface area (Å²) in [6.07, 6.45) is 12.7. The highest BCUT2D eigenvalue weighted by Gasteiger charge is 2.28. The lowest BCUT2D eigenvalue weighted by Gasteiger charge is -2.25. The van der Waals surface area contributed by atoms with E-state index in [0.29, 0.717) is 5.69 Å². The maximum Gasteiger partial charge on any atom is 0.264 e. The van der Waals surface area contributed by atoms with Gasteiger partial charge in [-0.1, -0.05) is 81.3 Å². The molecular formula is C27H37N3O3S. The number of hydrogen-bond donors (Lipinski definition) is 1. The van der Waals surface area contributed by atoms with E-state index in [2.05, 4.69) is 10.5 Å². The number of benzene rings is 2. The van der Waals surface area contributed by atoms with Gasteiger partial charge in [0.2, 0.25) is 0 Å². The first kappa shape index (κ1) is 25.9. The highest BCUT2D eigenvalue weighted by atomic mass is 32.2. The monoisotopic (exact) mass is 483 g/mol. The Labute approximate surface area is 204 Å². The summed E-state index contributed by atoms with van der Waals surface area (Å²) in [6, 6.07) is 15.4. The van der Waals surface area contributed by atoms with E-state index in [1.54, 1.807) is 42.5 Å². The Balaban J connectivity index is 1.75. The van der Waals surface area contributed by atoms with Crippen LogP contribution in [-0.2, 0) is 14.8 Å². The highest BCUT2D eigenvalue weighted by Crippen LogP contribution is 2.26. The van der Waals surface area contributed by atoms with Crippen LogP contribution in [0.25, 0.3) is 0 Å². The van der Waals surface area contributed by atoms with Crippen LogP contribution in [-0.4, -0.2) is 26.6 Å². The number of hydrazone groups is 1. The van der Waals surface area contributed by atoms with Crippen LogP contribution in [0.3, 0.4) is 0 Å². The highest BCUT2D eigenvalue weighted by molar-refractivity contribution is 7.92. The summed E-state index contributed by atoms with van der Waals surface area (Å²) in [5.74, 6) is -0.443. The second-order valence-electron chi connectivity index (χ2n) is 9.01. The van der Waals surface area contributed by atoms with E-state index >= 15 is 0 Å². The molecule has 0 heterocycles. The molecule has 0 spiro atoms. The quantitative estimate of drug-likeness (QED) is 0.514. The normalized spacial score (nSPS) is 16.1. The van der Waals surface area contributed by atoms with Gasteiger partial charge in [0.15, 0.2) is 0 Å². The fraction of sp³-hybridized carbons (Fsp3) is 0.481. The molecule has 3 rings (SSSR count). The van der Waals surface area contributed by atoms with Gasteiger partial charge in [0.05, 0.1) is 10.6 Å². The molecule has 0 aliphatic heterocycles. The molecule has 0 bridgehead atoms. The Morgan fingerprint density at radius 1 is 0.824 bits per heavy atom. The summed E-state index contributed by atoms with van der Waals surface area (Å²) in [5.41, 5.74) is 4.92. The molecule has 7 heteroatoms. The minimum Gasteiger partial charge on any atom is -0.271 e. The molecule has 0 aromatic heterocycles. The van der Waals surface area contributed by atoms with Crippen LogP contribution in [0.2, 0.25) is 0 Å². The van der Waals surface area contributed by atoms with Gasteiger partial charge in [-0.3, -0.25) is 9.10 Å². The van der Waals surface area contributed by atoms with Crippen molar-refractivity contribution in [2.24, 2.45) is 5.10 Å². The van der Waals surface area contributed by atoms with Crippen LogP contribution < -0.4 is 9.73 Å². The number of nitrogens with zero attached hydrogens (tertiary/aromatic N) is 2. The standard InChI is InChI=1S/C27H37N3O3S/c1-23-16-14-15-21-26(23)30(34(32,33)25-19-12-9-13-20-25)22-27(31)29-28-24-17-10-7-5-3-2-4-6-8-11-18-24/h9,12-16,19-21H,2-8,10-11,17-18,22H2,1H3,(H,29,31). The fourth-order valence-corrected chi connectivity index (χ4v) is 5.81. The second kappa shape index (κ2) is 13.3. The molecule has 2 aromatic rings. The summed E-state index contributed by atoms with van der Waals surface area (Å²) >= 11 is 0. The molecule has 1 amide bonds. The van der Waals surface area contributed by atoms with Gasteiger partial charge in [-0.05, 0) is 56.4 Å². The number of sulfonamides is 1. The lowest BCUT2D eigenvalue weighted by atomic mass is 10.00. The van der Waals surface area contributed by atoms with Gasteiger partial charge in [-0.15, -0.1) is 0 Å². The summed E-state index contributed by atoms with van der Waals surface area (Å²) in [6.45, 7) is 1.50. The van der Waals surface area contributed by atoms with Gasteiger partial charge >= 0.3 is 0 Å². The lowest BCUT2D eigenvalue weighted by Crippen LogP contribution is -2.40. The molecule has 0 saturated heterocycles. The molecule has 0 unspecified atom stereocenters. The topological polar surface area (TPSA) is 78.8 Å². The smallest absolute Gasteiger partial charge is 0.264 e. The van der Waals surface area contributed by atoms with Crippen LogP contribution in [0, 0.1) is 6.92 Å². The van der Waals surface area contributed by atoms with Crippen molar-refractivity contribution in [1.29, 1.82) is 0 Å². The molecule has 34 heavy (non-hydrogen) atoms. The largest absolute Gasteiger partial charge is 0.271 e. The van der Waals surface area contributed by atoms with Gasteiger partial charge in [-0.25, -0.2) is 13.8 Å². The Morgan fingerprint density at radius 3 is 1.94 bits per heavy atom. The zero-order chi connectivity index (χ0) is 24.2. The maximum absolute atomic E-state index is 13.5. The van der Waals surface area contributed by atoms with E-state index in [4.69, 9.17) is 0 Å². The second-order valence-corrected chi connectivity index (χ2v) is 10.9. The zero-order valence-corrected chi connectivity index (χ0v) is 21.0. The Kier molecular flexibility index (Phi) is 10.1. The van der Waals surface area contributed by atoms with Gasteiger partial charge in [-0.2, -0.15) is 5.10 Å². The van der Waals surface area contributed by atoms with Crippen molar-refractivity contribution in [3.8, 4) is 0 Å². The Morgan fingerprint density at radius 2 is 1.35 bits per heavy atom. The van der Waals surface area contributed by atoms with Crippen LogP contribution in [0.5, 0.6) is 0 Å². The molecule has 184 valence electrons. The molecule has 1 aliphatic rings. The number of carbonyl (C=O) groups excluding carboxylic acids is 1. The third kappa shape index (κ3) is 7.69. The van der Waals surface area contributed by atoms with Crippen molar-refractivity contribution >= 4 is 27.3 Å². The fourth-order valence-electron chi connectivity index (χ4n) is 4.30. The molecule has 1 aliphatic carbocycles. The van der Waals surface area contributed by atoms with Crippen molar-refractivity contribution in [3.05, 3.63) is 60.2 Å². The van der Waals surface area contributed by atoms with Gasteiger partial charge in [0, 0.05) is 5.71 Å². The molecule has 1 saturated carbocycles. The molecular weight excluding hydrogens is 446 g/mol. The third-order valence-corrected chi connectivity index (χ3v) is 8.05. The minimum absolute atomic E-state index is 0.150. The van der Waals surface area contributed by atoms with E-state index in [-0.39, 0.29) is 11.4 Å². The number of aryl methyl sites for hydroxylation is 1. The zero-order valence-electron chi connectivity index (χ0n) is 20.2. The van der Waals surface area contributed by atoms with E-state index in [1.165, 1.54) is 49.3 Å². The van der Waals surface area contributed by atoms with Crippen LogP contribution in [0.1, 0.15) is 76.2 Å². The molecule has 0 radical (unpaired) electrons. The van der Waals surface area contributed by atoms with E-state index in [0.717, 1.165) is 37.0 Å². The van der Waals surface area contributed by atoms with Crippen molar-refractivity contribution in [3.63, 3.8) is 0 Å². The van der Waals surface area contributed by atoms with Gasteiger partial charge in [0.1, 0.15) is 6.54 Å². The molecule has 6 nitrogen and oxygen atoms in total. The van der Waals surface area contributed by atoms with Crippen molar-refractivity contribution < 1.29 is 13.2 Å². The molecule has 0 atom stereocenters. The molecule has 2 aromatic carbocycles. The van der Waals surface area contributed by atoms with Crippen LogP contribution in [0.4, 0.5) is 5.69 Å². The Bertz CT molecular complexity index is 1040. The summed E-state index contributed by atoms with van der Waals surface area (Å²) < 4.78 is 28.1. The predicted molar refractivity (Wildman–Crippen MR) is 139 cm³/mol. The first-order valence-electron chi connectivity index (χ1n) is 12.5. The van der Waals surface area contributed by atoms with E-state index in [1.807, 2.05) is 19.1 Å². The van der Waals surface area contributed by atoms with Crippen LogP contribution >= 0.6 is 0 Å². The van der Waals surface area contributed by atoms with Crippen molar-refractivity contribution in [1.82, 2.24) is 5.43 Å². The summed E-state index contributed by atoms with van der Waals surface area (Å²) in [7, 11) is -3.92. The number of amides is 1. The number of para-hydroxylation sites is 1. The SMILES string of the molecule is Cc1ccccc1N(CC(=O)NN=C1CCCCCCCCCCC1)S(=O)(=O)c1ccccc1. The maximum atomic E-state index is 13.5. The predicted octanol–water partition coefficient (Wildman–Crippen LogP) is 5.97. The summed E-state index contributed by atoms with van der Waals surface area (Å²) in [4.78, 5) is 13.1. The number of nitrogens with one attached hydrogen (secondary N) is 1. The first-order valence-corrected chi connectivity index (χ1v) is 13.9. The van der Waals surface area contributed by atoms with E-state index < -0.39 is 15.9 Å². The third-order valence-electron chi connectivity index (χ3n) is 6.27. The van der Waals surface area contributed by atoms with E-state index in [9.17, 15) is 13.2 Å². The number of carbonyl (C=O) groups is 1. The van der Waals surface area contributed by atoms with Crippen molar-refractivity contribution in [2.45, 2.75) is 82.4 Å².